The Hall–Kier alpha value is -7.75. The third kappa shape index (κ3) is 10.3. The van der Waals surface area contributed by atoms with Crippen LogP contribution in [0.3, 0.4) is 0 Å². The molecular formula is C70H56N2O7S4Si2. The van der Waals surface area contributed by atoms with Crippen molar-refractivity contribution in [2.24, 2.45) is 0 Å². The number of aryl methyl sites for hydroxylation is 2. The van der Waals surface area contributed by atoms with Crippen molar-refractivity contribution >= 4 is 155 Å². The summed E-state index contributed by atoms with van der Waals surface area (Å²) >= 11 is 6.81. The second kappa shape index (κ2) is 22.3. The fourth-order valence-corrected chi connectivity index (χ4v) is 21.4. The molecule has 0 aliphatic carbocycles. The number of hydrogen-bond donors (Lipinski definition) is 6. The molecule has 6 N–H and O–H groups in total. The van der Waals surface area contributed by atoms with Gasteiger partial charge in [-0.15, -0.1) is 45.3 Å². The predicted octanol–water partition coefficient (Wildman–Crippen LogP) is 17.2. The normalized spacial score (nSPS) is 12.3. The van der Waals surface area contributed by atoms with Gasteiger partial charge >= 0.3 is 17.6 Å². The molecule has 0 unspecified atom stereocenters. The summed E-state index contributed by atoms with van der Waals surface area (Å²) in [5.74, 6) is -0.640. The van der Waals surface area contributed by atoms with Crippen LogP contribution in [0.1, 0.15) is 44.7 Å². The van der Waals surface area contributed by atoms with E-state index in [9.17, 15) is 19.2 Å². The molecule has 10 aromatic carbocycles. The van der Waals surface area contributed by atoms with E-state index in [1.54, 1.807) is 45.3 Å². The van der Waals surface area contributed by atoms with Crippen LogP contribution in [0.5, 0.6) is 0 Å². The van der Waals surface area contributed by atoms with Crippen molar-refractivity contribution in [3.8, 4) is 44.5 Å². The Labute approximate surface area is 508 Å². The highest BCUT2D eigenvalue weighted by Gasteiger charge is 2.45. The highest BCUT2D eigenvalue weighted by molar-refractivity contribution is 7.27. The third-order valence-electron chi connectivity index (χ3n) is 16.1. The van der Waals surface area contributed by atoms with E-state index in [1.807, 2.05) is 72.8 Å². The first kappa shape index (κ1) is 55.1. The van der Waals surface area contributed by atoms with Crippen LogP contribution < -0.4 is 10.6 Å². The summed E-state index contributed by atoms with van der Waals surface area (Å²) < 4.78 is 14.4. The molecule has 85 heavy (non-hydrogen) atoms. The largest absolute Gasteiger partial charge is 0.488 e. The van der Waals surface area contributed by atoms with Crippen molar-refractivity contribution in [1.29, 1.82) is 0 Å². The van der Waals surface area contributed by atoms with Gasteiger partial charge in [-0.05, 0) is 84.3 Å². The van der Waals surface area contributed by atoms with Gasteiger partial charge in [0, 0.05) is 128 Å². The van der Waals surface area contributed by atoms with Crippen LogP contribution in [0, 0.1) is 13.8 Å². The molecule has 14 aromatic rings. The second-order valence-electron chi connectivity index (χ2n) is 21.9. The predicted molar refractivity (Wildman–Crippen MR) is 361 cm³/mol. The summed E-state index contributed by atoms with van der Waals surface area (Å²) in [5, 5.41) is 15.3. The molecule has 14 rings (SSSR count). The summed E-state index contributed by atoms with van der Waals surface area (Å²) in [6.07, 6.45) is 0.178. The van der Waals surface area contributed by atoms with Crippen molar-refractivity contribution in [3.05, 3.63) is 216 Å². The summed E-state index contributed by atoms with van der Waals surface area (Å²) in [5.41, 5.74) is 9.96. The second-order valence-corrected chi connectivity index (χ2v) is 30.9. The van der Waals surface area contributed by atoms with Crippen molar-refractivity contribution < 1.29 is 32.9 Å². The summed E-state index contributed by atoms with van der Waals surface area (Å²) in [6.45, 7) is 4.22. The van der Waals surface area contributed by atoms with Crippen LogP contribution in [0.15, 0.2) is 194 Å². The number of carbonyl (C=O) groups excluding carboxylic acids is 2. The number of fused-ring (bicyclic) bond motifs is 12. The zero-order valence-corrected chi connectivity index (χ0v) is 51.6. The lowest BCUT2D eigenvalue weighted by atomic mass is 9.88. The SMILES string of the molecule is Cc1cc(-c2cccc3c2sc2ccccc23)c(C(=O)NCCC[Si](O)(O)O[Si](O)(O)CCCNC(=O)c2c(-c3cccc4c3sc3ccccc34)cc(C)cc2-c2cccc3c2sc2ccccc23)c(-c2cccc3c2sc2ccccc23)c1. The zero-order valence-electron chi connectivity index (χ0n) is 46.4. The molecule has 0 bridgehead atoms. The number of amides is 2. The molecule has 0 aliphatic heterocycles. The smallest absolute Gasteiger partial charge is 0.390 e. The molecule has 0 atom stereocenters. The van der Waals surface area contributed by atoms with E-state index in [0.29, 0.717) is 11.1 Å². The highest BCUT2D eigenvalue weighted by Crippen LogP contribution is 2.48. The van der Waals surface area contributed by atoms with Gasteiger partial charge in [-0.3, -0.25) is 9.59 Å². The topological polar surface area (TPSA) is 148 Å². The molecule has 15 heteroatoms. The Morgan fingerprint density at radius 2 is 0.624 bits per heavy atom. The first-order valence-electron chi connectivity index (χ1n) is 28.4. The van der Waals surface area contributed by atoms with Gasteiger partial charge in [0.2, 0.25) is 0 Å². The van der Waals surface area contributed by atoms with E-state index in [1.165, 1.54) is 0 Å². The minimum absolute atomic E-state index is 0.0558. The molecule has 0 radical (unpaired) electrons. The summed E-state index contributed by atoms with van der Waals surface area (Å²) in [7, 11) is -9.38. The number of rotatable bonds is 16. The lowest BCUT2D eigenvalue weighted by molar-refractivity contribution is 0.0946. The van der Waals surface area contributed by atoms with Gasteiger partial charge in [-0.2, -0.15) is 0 Å². The third-order valence-corrected chi connectivity index (χ3v) is 25.6. The van der Waals surface area contributed by atoms with Crippen LogP contribution in [-0.4, -0.2) is 61.7 Å². The molecule has 9 nitrogen and oxygen atoms in total. The first-order chi connectivity index (χ1) is 41.3. The zero-order chi connectivity index (χ0) is 58.1. The molecule has 4 aromatic heterocycles. The summed E-state index contributed by atoms with van der Waals surface area (Å²) in [6, 6.07) is 66.1. The molecule has 4 heterocycles. The number of carbonyl (C=O) groups is 2. The molecule has 0 aliphatic rings. The summed E-state index contributed by atoms with van der Waals surface area (Å²) in [4.78, 5) is 75.3. The van der Waals surface area contributed by atoms with Crippen LogP contribution >= 0.6 is 45.3 Å². The molecule has 2 amide bonds. The molecule has 0 fully saturated rings. The number of thiophene rings is 4. The Morgan fingerprint density at radius 3 is 0.906 bits per heavy atom. The fraction of sp³-hybridized carbons (Fsp3) is 0.114. The first-order valence-corrected chi connectivity index (χ1v) is 35.6. The maximum Gasteiger partial charge on any atom is 0.488 e. The van der Waals surface area contributed by atoms with Crippen molar-refractivity contribution in [2.75, 3.05) is 13.1 Å². The Balaban J connectivity index is 0.696. The molecular weight excluding hydrogens is 1170 g/mol. The average Bonchev–Trinajstić information content (AvgIpc) is 3.06. The van der Waals surface area contributed by atoms with E-state index >= 15 is 9.59 Å². The highest BCUT2D eigenvalue weighted by atomic mass is 32.1. The van der Waals surface area contributed by atoms with Crippen molar-refractivity contribution in [3.63, 3.8) is 0 Å². The van der Waals surface area contributed by atoms with Crippen molar-refractivity contribution in [1.82, 2.24) is 10.6 Å². The van der Waals surface area contributed by atoms with E-state index < -0.39 is 17.6 Å². The van der Waals surface area contributed by atoms with E-state index in [2.05, 4.69) is 146 Å². The monoisotopic (exact) mass is 1220 g/mol. The van der Waals surface area contributed by atoms with Crippen LogP contribution in [0.2, 0.25) is 12.1 Å². The maximum absolute atomic E-state index is 15.0. The van der Waals surface area contributed by atoms with E-state index in [-0.39, 0.29) is 49.8 Å². The molecule has 0 saturated heterocycles. The lowest BCUT2D eigenvalue weighted by Crippen LogP contribution is -2.53. The van der Waals surface area contributed by atoms with Gasteiger partial charge in [-0.25, -0.2) is 0 Å². The average molecular weight is 1220 g/mol. The van der Waals surface area contributed by atoms with Crippen molar-refractivity contribution in [2.45, 2.75) is 38.8 Å². The Bertz CT molecular complexity index is 4420. The van der Waals surface area contributed by atoms with Gasteiger partial charge in [0.25, 0.3) is 11.8 Å². The van der Waals surface area contributed by atoms with Crippen LogP contribution in [0.4, 0.5) is 0 Å². The number of hydrogen-bond acceptors (Lipinski definition) is 11. The van der Waals surface area contributed by atoms with Gasteiger partial charge < -0.3 is 33.9 Å². The van der Waals surface area contributed by atoms with E-state index in [4.69, 9.17) is 4.12 Å². The van der Waals surface area contributed by atoms with Gasteiger partial charge in [0.1, 0.15) is 0 Å². The lowest BCUT2D eigenvalue weighted by Gasteiger charge is -2.26. The van der Waals surface area contributed by atoms with Gasteiger partial charge in [0.05, 0.1) is 11.1 Å². The van der Waals surface area contributed by atoms with Crippen LogP contribution in [0.25, 0.3) is 125 Å². The van der Waals surface area contributed by atoms with E-state index in [0.717, 1.165) is 136 Å². The molecule has 420 valence electrons. The molecule has 0 spiro atoms. The number of benzene rings is 10. The molecule has 0 saturated carbocycles. The fourth-order valence-electron chi connectivity index (χ4n) is 12.3. The minimum Gasteiger partial charge on any atom is -0.390 e. The Kier molecular flexibility index (Phi) is 14.4. The Morgan fingerprint density at radius 1 is 0.365 bits per heavy atom. The van der Waals surface area contributed by atoms with Crippen LogP contribution in [-0.2, 0) is 4.12 Å². The standard InChI is InChI=1S/C70H56N2O7S4Si2/c1-41-37-55(51-25-11-21-47-43-17-3-7-29-59(43)80-65(47)51)63(56(38-41)52-26-12-22-48-44-18-4-8-30-60(44)81-66(48)52)69(73)71-33-15-35-84(75,76)79-85(77,78)36-16-34-72-70(74)64-57(53-27-13-23-49-45-19-5-9-31-61(45)82-67(49)53)39-42(2)40-58(64)54-28-14-24-50-46-20-6-10-32-62(46)83-68(50)54/h3-14,17-32,37-40,75-78H,15-16,33-36H2,1-2H3,(H,71,73)(H,72,74). The van der Waals surface area contributed by atoms with Gasteiger partial charge in [-0.1, -0.05) is 170 Å². The van der Waals surface area contributed by atoms with Gasteiger partial charge in [0.15, 0.2) is 0 Å². The maximum atomic E-state index is 15.0. The number of nitrogens with one attached hydrogen (secondary N) is 2. The minimum atomic E-state index is -4.69. The quantitative estimate of drug-likeness (QED) is 0.0417.